The van der Waals surface area contributed by atoms with Crippen molar-refractivity contribution < 1.29 is 0 Å². The fourth-order valence-corrected chi connectivity index (χ4v) is 2.16. The number of fused-ring (bicyclic) bond motifs is 3. The number of H-pyrrole nitrogens is 1. The maximum Gasteiger partial charge on any atom is 0.260 e. The van der Waals surface area contributed by atoms with Gasteiger partial charge in [-0.3, -0.25) is 4.79 Å². The van der Waals surface area contributed by atoms with Gasteiger partial charge < -0.3 is 4.98 Å². The minimum absolute atomic E-state index is 0.108. The minimum Gasteiger partial charge on any atom is -0.306 e. The first-order valence-electron chi connectivity index (χ1n) is 5.69. The summed E-state index contributed by atoms with van der Waals surface area (Å²) in [4.78, 5) is 18.9. The number of pyridine rings is 1. The van der Waals surface area contributed by atoms with Crippen molar-refractivity contribution in [3.05, 3.63) is 40.4 Å². The van der Waals surface area contributed by atoms with Gasteiger partial charge in [0.05, 0.1) is 11.1 Å². The molecule has 1 aliphatic carbocycles. The van der Waals surface area contributed by atoms with Crippen LogP contribution in [0.25, 0.3) is 16.7 Å². The van der Waals surface area contributed by atoms with Gasteiger partial charge in [0.1, 0.15) is 5.65 Å². The number of aromatic nitrogens is 4. The van der Waals surface area contributed by atoms with E-state index >= 15 is 0 Å². The van der Waals surface area contributed by atoms with Crippen LogP contribution in [0.5, 0.6) is 0 Å². The van der Waals surface area contributed by atoms with E-state index < -0.39 is 0 Å². The van der Waals surface area contributed by atoms with Crippen molar-refractivity contribution in [1.29, 1.82) is 0 Å². The van der Waals surface area contributed by atoms with Gasteiger partial charge in [-0.25, -0.2) is 4.98 Å². The molecule has 3 aromatic heterocycles. The molecule has 1 saturated carbocycles. The average Bonchev–Trinajstić information content (AvgIpc) is 3.11. The third-order valence-corrected chi connectivity index (χ3v) is 3.20. The summed E-state index contributed by atoms with van der Waals surface area (Å²) in [5.41, 5.74) is 2.29. The molecule has 0 spiro atoms. The zero-order chi connectivity index (χ0) is 11.4. The standard InChI is InChI=1S/C12H10N4O/c17-12-8-2-1-5-13-11(8)16-10(14-12)6-9(15-16)7-3-4-7/h1-2,5-7H,3-4H2,(H,14,17). The van der Waals surface area contributed by atoms with Crippen LogP contribution in [0.2, 0.25) is 0 Å². The van der Waals surface area contributed by atoms with Crippen molar-refractivity contribution in [1.82, 2.24) is 19.6 Å². The fraction of sp³-hybridized carbons (Fsp3) is 0.250. The maximum absolute atomic E-state index is 11.9. The smallest absolute Gasteiger partial charge is 0.260 e. The van der Waals surface area contributed by atoms with E-state index in [0.29, 0.717) is 17.0 Å². The Kier molecular flexibility index (Phi) is 1.54. The van der Waals surface area contributed by atoms with Gasteiger partial charge in [0.15, 0.2) is 5.65 Å². The maximum atomic E-state index is 11.9. The Morgan fingerprint density at radius 1 is 1.41 bits per heavy atom. The summed E-state index contributed by atoms with van der Waals surface area (Å²) in [5, 5.41) is 5.10. The van der Waals surface area contributed by atoms with E-state index in [4.69, 9.17) is 0 Å². The second-order valence-corrected chi connectivity index (χ2v) is 4.47. The first-order chi connectivity index (χ1) is 8.33. The molecule has 3 heterocycles. The van der Waals surface area contributed by atoms with Gasteiger partial charge in [-0.2, -0.15) is 9.61 Å². The molecule has 0 unspecified atom stereocenters. The lowest BCUT2D eigenvalue weighted by molar-refractivity contribution is 0.896. The molecule has 0 bridgehead atoms. The van der Waals surface area contributed by atoms with Crippen molar-refractivity contribution >= 4 is 16.7 Å². The van der Waals surface area contributed by atoms with Crippen LogP contribution in [-0.4, -0.2) is 19.6 Å². The van der Waals surface area contributed by atoms with Gasteiger partial charge >= 0.3 is 0 Å². The van der Waals surface area contributed by atoms with E-state index in [1.165, 1.54) is 12.8 Å². The Hall–Kier alpha value is -2.17. The molecule has 0 saturated heterocycles. The van der Waals surface area contributed by atoms with E-state index in [2.05, 4.69) is 15.1 Å². The van der Waals surface area contributed by atoms with Gasteiger partial charge in [0.25, 0.3) is 5.56 Å². The van der Waals surface area contributed by atoms with Crippen LogP contribution in [0.15, 0.2) is 29.2 Å². The molecule has 1 N–H and O–H groups in total. The van der Waals surface area contributed by atoms with E-state index in [1.54, 1.807) is 22.8 Å². The summed E-state index contributed by atoms with van der Waals surface area (Å²) >= 11 is 0. The third kappa shape index (κ3) is 1.22. The van der Waals surface area contributed by atoms with E-state index in [9.17, 15) is 4.79 Å². The molecule has 3 aromatic rings. The van der Waals surface area contributed by atoms with Crippen LogP contribution in [-0.2, 0) is 0 Å². The number of rotatable bonds is 1. The molecular formula is C12H10N4O. The quantitative estimate of drug-likeness (QED) is 0.683. The van der Waals surface area contributed by atoms with Gasteiger partial charge in [-0.05, 0) is 25.0 Å². The number of nitrogens with one attached hydrogen (secondary N) is 1. The van der Waals surface area contributed by atoms with Gasteiger partial charge in [-0.15, -0.1) is 0 Å². The zero-order valence-electron chi connectivity index (χ0n) is 9.05. The van der Waals surface area contributed by atoms with Crippen molar-refractivity contribution in [3.63, 3.8) is 0 Å². The average molecular weight is 226 g/mol. The highest BCUT2D eigenvalue weighted by Crippen LogP contribution is 2.39. The number of hydrogen-bond acceptors (Lipinski definition) is 3. The summed E-state index contributed by atoms with van der Waals surface area (Å²) in [6.07, 6.45) is 4.07. The predicted molar refractivity (Wildman–Crippen MR) is 63.1 cm³/mol. The summed E-state index contributed by atoms with van der Waals surface area (Å²) in [6, 6.07) is 5.47. The minimum atomic E-state index is -0.108. The van der Waals surface area contributed by atoms with Crippen LogP contribution in [0.4, 0.5) is 0 Å². The van der Waals surface area contributed by atoms with Crippen LogP contribution in [0.3, 0.4) is 0 Å². The van der Waals surface area contributed by atoms with Crippen molar-refractivity contribution in [3.8, 4) is 0 Å². The molecule has 5 nitrogen and oxygen atoms in total. The lowest BCUT2D eigenvalue weighted by atomic mass is 10.3. The Labute approximate surface area is 96.1 Å². The third-order valence-electron chi connectivity index (χ3n) is 3.20. The second kappa shape index (κ2) is 2.94. The Bertz CT molecular complexity index is 782. The highest BCUT2D eigenvalue weighted by atomic mass is 16.1. The highest BCUT2D eigenvalue weighted by Gasteiger charge is 2.26. The van der Waals surface area contributed by atoms with Gasteiger partial charge in [0, 0.05) is 18.2 Å². The van der Waals surface area contributed by atoms with Crippen LogP contribution >= 0.6 is 0 Å². The first kappa shape index (κ1) is 8.92. The Balaban J connectivity index is 2.18. The lowest BCUT2D eigenvalue weighted by Crippen LogP contribution is -2.10. The summed E-state index contributed by atoms with van der Waals surface area (Å²) in [7, 11) is 0. The van der Waals surface area contributed by atoms with Crippen LogP contribution in [0.1, 0.15) is 24.5 Å². The molecule has 1 aliphatic rings. The molecule has 0 radical (unpaired) electrons. The topological polar surface area (TPSA) is 63.0 Å². The van der Waals surface area contributed by atoms with Crippen molar-refractivity contribution in [2.45, 2.75) is 18.8 Å². The molecule has 0 amide bonds. The molecule has 4 rings (SSSR count). The molecule has 84 valence electrons. The molecule has 0 aliphatic heterocycles. The normalized spacial score (nSPS) is 15.8. The van der Waals surface area contributed by atoms with Crippen molar-refractivity contribution in [2.75, 3.05) is 0 Å². The van der Waals surface area contributed by atoms with E-state index in [-0.39, 0.29) is 5.56 Å². The SMILES string of the molecule is O=c1[nH]c2cc(C3CC3)nn2c2ncccc12. The fourth-order valence-electron chi connectivity index (χ4n) is 2.16. The predicted octanol–water partition coefficient (Wildman–Crippen LogP) is 1.45. The lowest BCUT2D eigenvalue weighted by Gasteiger charge is -1.98. The van der Waals surface area contributed by atoms with E-state index in [0.717, 1.165) is 11.3 Å². The molecule has 0 atom stereocenters. The highest BCUT2D eigenvalue weighted by molar-refractivity contribution is 5.75. The van der Waals surface area contributed by atoms with Crippen LogP contribution < -0.4 is 5.56 Å². The van der Waals surface area contributed by atoms with Gasteiger partial charge in [0.2, 0.25) is 0 Å². The van der Waals surface area contributed by atoms with Crippen LogP contribution in [0, 0.1) is 0 Å². The zero-order valence-corrected chi connectivity index (χ0v) is 9.05. The number of nitrogens with zero attached hydrogens (tertiary/aromatic N) is 3. The van der Waals surface area contributed by atoms with E-state index in [1.807, 2.05) is 6.07 Å². The largest absolute Gasteiger partial charge is 0.306 e. The molecular weight excluding hydrogens is 216 g/mol. The Morgan fingerprint density at radius 2 is 2.29 bits per heavy atom. The van der Waals surface area contributed by atoms with Gasteiger partial charge in [-0.1, -0.05) is 0 Å². The second-order valence-electron chi connectivity index (χ2n) is 4.47. The summed E-state index contributed by atoms with van der Waals surface area (Å²) in [6.45, 7) is 0. The molecule has 5 heteroatoms. The Morgan fingerprint density at radius 3 is 3.12 bits per heavy atom. The molecule has 0 aromatic carbocycles. The molecule has 17 heavy (non-hydrogen) atoms. The number of aromatic amines is 1. The summed E-state index contributed by atoms with van der Waals surface area (Å²) < 4.78 is 1.73. The molecule has 1 fully saturated rings. The first-order valence-corrected chi connectivity index (χ1v) is 5.69. The van der Waals surface area contributed by atoms with Crippen molar-refractivity contribution in [2.24, 2.45) is 0 Å². The summed E-state index contributed by atoms with van der Waals surface area (Å²) in [5.74, 6) is 0.567. The monoisotopic (exact) mass is 226 g/mol. The number of hydrogen-bond donors (Lipinski definition) is 1.